The Bertz CT molecular complexity index is 466. The van der Waals surface area contributed by atoms with E-state index in [-0.39, 0.29) is 12.1 Å². The number of aliphatic imine (C=N–C) groups is 1. The fraction of sp³-hybridized carbons (Fsp3) is 0.222. The smallest absolute Gasteiger partial charge is 0.291 e. The summed E-state index contributed by atoms with van der Waals surface area (Å²) in [6.07, 6.45) is -0.291. The lowest BCUT2D eigenvalue weighted by atomic mass is 10.2. The van der Waals surface area contributed by atoms with E-state index in [2.05, 4.69) is 15.2 Å². The lowest BCUT2D eigenvalue weighted by Crippen LogP contribution is -2.04. The molecular weight excluding hydrogens is 242 g/mol. The molecule has 0 fully saturated rings. The summed E-state index contributed by atoms with van der Waals surface area (Å²) in [5, 5.41) is 21.2. The molecule has 1 heterocycles. The van der Waals surface area contributed by atoms with Gasteiger partial charge in [0.2, 0.25) is 5.96 Å². The highest BCUT2D eigenvalue weighted by Gasteiger charge is 2.13. The summed E-state index contributed by atoms with van der Waals surface area (Å²) >= 11 is 0. The molecule has 0 spiro atoms. The number of azo groups is 1. The summed E-state index contributed by atoms with van der Waals surface area (Å²) in [5.74, 6) is 1.03. The van der Waals surface area contributed by atoms with Gasteiger partial charge in [0.15, 0.2) is 6.17 Å². The van der Waals surface area contributed by atoms with E-state index in [0.717, 1.165) is 11.3 Å². The molecule has 0 bridgehead atoms. The molecule has 0 aliphatic carbocycles. The normalized spacial score (nSPS) is 16.5. The van der Waals surface area contributed by atoms with Gasteiger partial charge in [-0.25, -0.2) is 4.99 Å². The summed E-state index contributed by atoms with van der Waals surface area (Å²) in [5.41, 5.74) is 6.34. The van der Waals surface area contributed by atoms with Gasteiger partial charge < -0.3 is 15.7 Å². The highest BCUT2D eigenvalue weighted by molar-refractivity contribution is 5.79. The maximum Gasteiger partial charge on any atom is 0.291 e. The van der Waals surface area contributed by atoms with Gasteiger partial charge >= 0.3 is 0 Å². The summed E-state index contributed by atoms with van der Waals surface area (Å²) in [6, 6.07) is 7.50. The molecule has 0 radical (unpaired) electrons. The highest BCUT2D eigenvalue weighted by Crippen LogP contribution is 2.24. The van der Waals surface area contributed by atoms with Crippen LogP contribution in [0, 0.1) is 10.1 Å². The first kappa shape index (κ1) is 13.4. The largest absolute Gasteiger partial charge is 0.497 e. The molecule has 1 aliphatic heterocycles. The first-order valence-electron chi connectivity index (χ1n) is 4.74. The number of nitrogens with zero attached hydrogens (tertiary/aromatic N) is 4. The Morgan fingerprint density at radius 2 is 2.00 bits per heavy atom. The molecule has 9 nitrogen and oxygen atoms in total. The van der Waals surface area contributed by atoms with Crippen LogP contribution in [0.2, 0.25) is 0 Å². The lowest BCUT2D eigenvalue weighted by molar-refractivity contribution is -0.742. The van der Waals surface area contributed by atoms with Gasteiger partial charge in [-0.05, 0) is 12.1 Å². The van der Waals surface area contributed by atoms with Gasteiger partial charge in [-0.2, -0.15) is 5.11 Å². The van der Waals surface area contributed by atoms with Crippen molar-refractivity contribution in [1.29, 1.82) is 0 Å². The molecule has 3 N–H and O–H groups in total. The molecule has 1 atom stereocenters. The number of benzene rings is 1. The SMILES string of the molecule is COc1ccc(C2N=NC(N)=N2)cc1.O=[N+]([O-])O. The predicted molar refractivity (Wildman–Crippen MR) is 61.0 cm³/mol. The van der Waals surface area contributed by atoms with Crippen molar-refractivity contribution in [3.05, 3.63) is 39.9 Å². The minimum absolute atomic E-state index is 0.228. The second kappa shape index (κ2) is 6.13. The van der Waals surface area contributed by atoms with Crippen LogP contribution in [0.4, 0.5) is 0 Å². The maximum absolute atomic E-state index is 8.36. The van der Waals surface area contributed by atoms with Crippen molar-refractivity contribution in [3.63, 3.8) is 0 Å². The van der Waals surface area contributed by atoms with Gasteiger partial charge in [-0.3, -0.25) is 0 Å². The fourth-order valence-electron chi connectivity index (χ4n) is 1.21. The Kier molecular flexibility index (Phi) is 4.55. The van der Waals surface area contributed by atoms with Gasteiger partial charge in [0.25, 0.3) is 5.09 Å². The summed E-state index contributed by atoms with van der Waals surface area (Å²) in [6.45, 7) is 0. The highest BCUT2D eigenvalue weighted by atomic mass is 16.9. The molecular formula is C9H11N5O4. The third-order valence-electron chi connectivity index (χ3n) is 1.94. The van der Waals surface area contributed by atoms with Gasteiger partial charge in [-0.15, -0.1) is 15.2 Å². The number of methoxy groups -OCH3 is 1. The Morgan fingerprint density at radius 1 is 1.44 bits per heavy atom. The van der Waals surface area contributed by atoms with E-state index in [1.165, 1.54) is 0 Å². The number of nitrogens with two attached hydrogens (primary N) is 1. The fourth-order valence-corrected chi connectivity index (χ4v) is 1.21. The monoisotopic (exact) mass is 253 g/mol. The molecule has 1 unspecified atom stereocenters. The van der Waals surface area contributed by atoms with E-state index in [4.69, 9.17) is 25.8 Å². The molecule has 0 saturated carbocycles. The number of rotatable bonds is 2. The first-order valence-corrected chi connectivity index (χ1v) is 4.74. The molecule has 96 valence electrons. The van der Waals surface area contributed by atoms with Crippen molar-refractivity contribution < 1.29 is 15.0 Å². The molecule has 18 heavy (non-hydrogen) atoms. The quantitative estimate of drug-likeness (QED) is 0.601. The zero-order valence-corrected chi connectivity index (χ0v) is 9.42. The number of guanidine groups is 1. The Hall–Kier alpha value is -2.71. The van der Waals surface area contributed by atoms with Crippen LogP contribution in [-0.4, -0.2) is 23.4 Å². The van der Waals surface area contributed by atoms with E-state index < -0.39 is 5.09 Å². The second-order valence-corrected chi connectivity index (χ2v) is 3.09. The van der Waals surface area contributed by atoms with Gasteiger partial charge in [0, 0.05) is 5.56 Å². The van der Waals surface area contributed by atoms with E-state index in [9.17, 15) is 0 Å². The summed E-state index contributed by atoms with van der Waals surface area (Å²) in [7, 11) is 1.63. The molecule has 0 aromatic heterocycles. The molecule has 0 amide bonds. The molecule has 0 saturated heterocycles. The van der Waals surface area contributed by atoms with Crippen molar-refractivity contribution in [2.45, 2.75) is 6.17 Å². The zero-order valence-electron chi connectivity index (χ0n) is 9.42. The van der Waals surface area contributed by atoms with Crippen molar-refractivity contribution >= 4 is 5.96 Å². The zero-order chi connectivity index (χ0) is 13.5. The molecule has 9 heteroatoms. The standard InChI is InChI=1S/C9H10N4O.HNO3/c1-14-7-4-2-6(3-5-7)8-11-9(10)13-12-8;2-1(3)4/h2-5,8H,1H3,(H2,10,11);(H,2,3,4). The Morgan fingerprint density at radius 3 is 2.39 bits per heavy atom. The third-order valence-corrected chi connectivity index (χ3v) is 1.94. The van der Waals surface area contributed by atoms with Crippen molar-refractivity contribution in [3.8, 4) is 5.75 Å². The van der Waals surface area contributed by atoms with E-state index in [0.29, 0.717) is 0 Å². The number of hydrogen-bond donors (Lipinski definition) is 2. The van der Waals surface area contributed by atoms with Gasteiger partial charge in [-0.1, -0.05) is 12.1 Å². The second-order valence-electron chi connectivity index (χ2n) is 3.09. The van der Waals surface area contributed by atoms with E-state index >= 15 is 0 Å². The average molecular weight is 253 g/mol. The van der Waals surface area contributed by atoms with Crippen molar-refractivity contribution in [2.75, 3.05) is 7.11 Å². The van der Waals surface area contributed by atoms with Crippen LogP contribution < -0.4 is 10.5 Å². The van der Waals surface area contributed by atoms with Crippen LogP contribution in [0.15, 0.2) is 39.5 Å². The van der Waals surface area contributed by atoms with Crippen LogP contribution in [0.25, 0.3) is 0 Å². The van der Waals surface area contributed by atoms with Crippen LogP contribution in [0.5, 0.6) is 5.75 Å². The molecule has 1 aliphatic rings. The minimum Gasteiger partial charge on any atom is -0.497 e. The third kappa shape index (κ3) is 4.04. The van der Waals surface area contributed by atoms with E-state index in [1.54, 1.807) is 7.11 Å². The lowest BCUT2D eigenvalue weighted by Gasteiger charge is -2.03. The Balaban J connectivity index is 0.000000357. The predicted octanol–water partition coefficient (Wildman–Crippen LogP) is 1.13. The summed E-state index contributed by atoms with van der Waals surface area (Å²) in [4.78, 5) is 12.4. The first-order chi connectivity index (χ1) is 8.52. The topological polar surface area (TPSA) is 136 Å². The maximum atomic E-state index is 8.36. The summed E-state index contributed by atoms with van der Waals surface area (Å²) < 4.78 is 5.04. The number of ether oxygens (including phenoxy) is 1. The molecule has 2 rings (SSSR count). The van der Waals surface area contributed by atoms with Crippen molar-refractivity contribution in [2.24, 2.45) is 21.0 Å². The van der Waals surface area contributed by atoms with Crippen LogP contribution in [0.1, 0.15) is 11.7 Å². The van der Waals surface area contributed by atoms with Crippen LogP contribution >= 0.6 is 0 Å². The van der Waals surface area contributed by atoms with E-state index in [1.807, 2.05) is 24.3 Å². The van der Waals surface area contributed by atoms with Crippen LogP contribution in [-0.2, 0) is 0 Å². The van der Waals surface area contributed by atoms with Gasteiger partial charge in [0.1, 0.15) is 5.75 Å². The molecule has 1 aromatic rings. The van der Waals surface area contributed by atoms with Gasteiger partial charge in [0.05, 0.1) is 7.11 Å². The minimum atomic E-state index is -1.50. The van der Waals surface area contributed by atoms with Crippen molar-refractivity contribution in [1.82, 2.24) is 0 Å². The van der Waals surface area contributed by atoms with Crippen LogP contribution in [0.3, 0.4) is 0 Å². The number of hydrogen-bond acceptors (Lipinski definition) is 7. The molecule has 1 aromatic carbocycles. The Labute approximate surface area is 102 Å². The average Bonchev–Trinajstić information content (AvgIpc) is 2.75.